The van der Waals surface area contributed by atoms with E-state index in [9.17, 15) is 19.2 Å². The van der Waals surface area contributed by atoms with E-state index in [4.69, 9.17) is 11.6 Å². The normalized spacial score (nSPS) is 23.9. The second-order valence-electron chi connectivity index (χ2n) is 9.30. The minimum absolute atomic E-state index is 0.104. The Morgan fingerprint density at radius 1 is 0.806 bits per heavy atom. The minimum Gasteiger partial charge on any atom is -0.352 e. The fourth-order valence-electron chi connectivity index (χ4n) is 5.70. The summed E-state index contributed by atoms with van der Waals surface area (Å²) < 4.78 is 0. The highest BCUT2D eigenvalue weighted by atomic mass is 35.5. The number of imide groups is 1. The number of nitrogens with zero attached hydrogens (tertiary/aromatic N) is 2. The van der Waals surface area contributed by atoms with Gasteiger partial charge in [-0.1, -0.05) is 42.0 Å². The molecule has 178 valence electrons. The van der Waals surface area contributed by atoms with Gasteiger partial charge in [-0.15, -0.1) is 0 Å². The molecule has 3 aliphatic rings. The van der Waals surface area contributed by atoms with Crippen molar-refractivity contribution < 1.29 is 19.2 Å². The lowest BCUT2D eigenvalue weighted by Gasteiger charge is -2.36. The van der Waals surface area contributed by atoms with Crippen LogP contribution in [0, 0.1) is 11.8 Å². The van der Waals surface area contributed by atoms with Crippen LogP contribution in [0.2, 0.25) is 5.02 Å². The number of para-hydroxylation sites is 1. The lowest BCUT2D eigenvalue weighted by Crippen LogP contribution is -2.48. The smallest absolute Gasteiger partial charge is 0.240 e. The van der Waals surface area contributed by atoms with Crippen LogP contribution in [0.3, 0.4) is 0 Å². The molecule has 2 saturated heterocycles. The molecule has 0 aliphatic carbocycles. The molecule has 7 heteroatoms. The van der Waals surface area contributed by atoms with Gasteiger partial charge in [-0.25, -0.2) is 4.90 Å². The minimum atomic E-state index is -0.856. The van der Waals surface area contributed by atoms with E-state index in [0.717, 1.165) is 11.3 Å². The number of halogens is 1. The molecule has 3 aromatic carbocycles. The Balaban J connectivity index is 1.46. The first-order chi connectivity index (χ1) is 17.4. The fourth-order valence-corrected chi connectivity index (χ4v) is 5.82. The van der Waals surface area contributed by atoms with Crippen LogP contribution in [-0.2, 0) is 9.59 Å². The van der Waals surface area contributed by atoms with E-state index in [2.05, 4.69) is 0 Å². The Kier molecular flexibility index (Phi) is 5.16. The van der Waals surface area contributed by atoms with E-state index in [0.29, 0.717) is 21.8 Å². The zero-order valence-corrected chi connectivity index (χ0v) is 20.1. The molecular weight excluding hydrogens is 476 g/mol. The van der Waals surface area contributed by atoms with Crippen molar-refractivity contribution in [3.8, 4) is 0 Å². The molecule has 0 radical (unpaired) electrons. The van der Waals surface area contributed by atoms with E-state index in [1.807, 2.05) is 41.3 Å². The maximum absolute atomic E-state index is 14.0. The molecule has 4 atom stereocenters. The number of hydrogen-bond acceptors (Lipinski definition) is 5. The zero-order valence-electron chi connectivity index (χ0n) is 19.3. The third-order valence-corrected chi connectivity index (χ3v) is 7.60. The Morgan fingerprint density at radius 3 is 2.14 bits per heavy atom. The van der Waals surface area contributed by atoms with Crippen LogP contribution in [0.15, 0.2) is 78.9 Å². The maximum Gasteiger partial charge on any atom is 0.240 e. The summed E-state index contributed by atoms with van der Waals surface area (Å²) in [4.78, 5) is 56.4. The summed E-state index contributed by atoms with van der Waals surface area (Å²) in [5.74, 6) is -2.65. The summed E-state index contributed by atoms with van der Waals surface area (Å²) in [5, 5.41) is 0.507. The summed E-state index contributed by atoms with van der Waals surface area (Å²) in [5.41, 5.74) is 3.07. The third kappa shape index (κ3) is 3.25. The van der Waals surface area contributed by atoms with Crippen LogP contribution in [0.25, 0.3) is 6.08 Å². The summed E-state index contributed by atoms with van der Waals surface area (Å²) in [6.45, 7) is 1.46. The molecule has 2 fully saturated rings. The van der Waals surface area contributed by atoms with Crippen molar-refractivity contribution in [1.82, 2.24) is 0 Å². The van der Waals surface area contributed by atoms with E-state index >= 15 is 0 Å². The predicted molar refractivity (Wildman–Crippen MR) is 137 cm³/mol. The van der Waals surface area contributed by atoms with Gasteiger partial charge in [-0.2, -0.15) is 0 Å². The molecule has 36 heavy (non-hydrogen) atoms. The van der Waals surface area contributed by atoms with Crippen LogP contribution in [-0.4, -0.2) is 35.5 Å². The first-order valence-electron chi connectivity index (χ1n) is 11.7. The molecule has 3 aliphatic heterocycles. The molecule has 6 nitrogen and oxygen atoms in total. The largest absolute Gasteiger partial charge is 0.352 e. The second kappa shape index (κ2) is 8.28. The van der Waals surface area contributed by atoms with Crippen LogP contribution in [0.5, 0.6) is 0 Å². The second-order valence-corrected chi connectivity index (χ2v) is 9.73. The monoisotopic (exact) mass is 496 g/mol. The van der Waals surface area contributed by atoms with Crippen molar-refractivity contribution in [3.63, 3.8) is 0 Å². The van der Waals surface area contributed by atoms with Crippen molar-refractivity contribution in [1.29, 1.82) is 0 Å². The molecule has 0 bridgehead atoms. The highest BCUT2D eigenvalue weighted by molar-refractivity contribution is 6.30. The number of carbonyl (C=O) groups excluding carboxylic acids is 4. The predicted octanol–water partition coefficient (Wildman–Crippen LogP) is 4.82. The van der Waals surface area contributed by atoms with Gasteiger partial charge in [0, 0.05) is 21.8 Å². The van der Waals surface area contributed by atoms with Gasteiger partial charge in [0.05, 0.1) is 23.6 Å². The average Bonchev–Trinajstić information content (AvgIpc) is 3.37. The molecule has 3 heterocycles. The summed E-state index contributed by atoms with van der Waals surface area (Å²) in [7, 11) is 0. The van der Waals surface area contributed by atoms with E-state index in [-0.39, 0.29) is 17.5 Å². The molecule has 0 unspecified atom stereocenters. The van der Waals surface area contributed by atoms with Gasteiger partial charge in [0.25, 0.3) is 0 Å². The lowest BCUT2D eigenvalue weighted by molar-refractivity contribution is -0.122. The van der Waals surface area contributed by atoms with Crippen LogP contribution in [0.1, 0.15) is 33.2 Å². The Morgan fingerprint density at radius 2 is 1.44 bits per heavy atom. The van der Waals surface area contributed by atoms with Gasteiger partial charge >= 0.3 is 0 Å². The fraction of sp³-hybridized carbons (Fsp3) is 0.172. The highest BCUT2D eigenvalue weighted by Crippen LogP contribution is 2.49. The van der Waals surface area contributed by atoms with Crippen molar-refractivity contribution in [3.05, 3.63) is 101 Å². The van der Waals surface area contributed by atoms with Gasteiger partial charge in [0.1, 0.15) is 6.04 Å². The van der Waals surface area contributed by atoms with Gasteiger partial charge in [0.2, 0.25) is 11.8 Å². The number of rotatable bonds is 4. The number of anilines is 2. The molecule has 0 spiro atoms. The SMILES string of the molecule is CC(=O)c1ccc(N2C(=O)[C@@H]3[C@H](C2=O)[C@H]2C=Cc4ccccc4N2[C@@H]3C(=O)c2ccc(Cl)cc2)cc1. The number of hydrogen-bond donors (Lipinski definition) is 0. The summed E-state index contributed by atoms with van der Waals surface area (Å²) in [6.07, 6.45) is 3.87. The van der Waals surface area contributed by atoms with Crippen LogP contribution >= 0.6 is 11.6 Å². The summed E-state index contributed by atoms with van der Waals surface area (Å²) >= 11 is 6.05. The van der Waals surface area contributed by atoms with Gasteiger partial charge in [-0.3, -0.25) is 19.2 Å². The van der Waals surface area contributed by atoms with Crippen molar-refractivity contribution >= 4 is 52.4 Å². The van der Waals surface area contributed by atoms with E-state index in [1.165, 1.54) is 11.8 Å². The van der Waals surface area contributed by atoms with Crippen LogP contribution < -0.4 is 9.80 Å². The first kappa shape index (κ1) is 22.4. The van der Waals surface area contributed by atoms with Gasteiger partial charge in [-0.05, 0) is 67.1 Å². The molecule has 2 amide bonds. The molecule has 0 aromatic heterocycles. The van der Waals surface area contributed by atoms with Crippen molar-refractivity contribution in [2.75, 3.05) is 9.80 Å². The Hall–Kier alpha value is -4.03. The number of benzene rings is 3. The number of carbonyl (C=O) groups is 4. The molecule has 0 saturated carbocycles. The van der Waals surface area contributed by atoms with Gasteiger partial charge in [0.15, 0.2) is 11.6 Å². The average molecular weight is 497 g/mol. The Bertz CT molecular complexity index is 1460. The first-order valence-corrected chi connectivity index (χ1v) is 12.1. The molecule has 3 aromatic rings. The number of ketones is 2. The topological polar surface area (TPSA) is 74.8 Å². The van der Waals surface area contributed by atoms with Crippen LogP contribution in [0.4, 0.5) is 11.4 Å². The Labute approximate surface area is 212 Å². The highest BCUT2D eigenvalue weighted by Gasteiger charge is 2.64. The molecular formula is C29H21ClN2O4. The molecule has 6 rings (SSSR count). The zero-order chi connectivity index (χ0) is 25.1. The van der Waals surface area contributed by atoms with Crippen molar-refractivity contribution in [2.45, 2.75) is 19.0 Å². The van der Waals surface area contributed by atoms with Gasteiger partial charge < -0.3 is 4.90 Å². The standard InChI is InChI=1S/C29H21ClN2O4/c1-16(33)17-8-13-21(14-9-17)31-28(35)24-23-15-10-18-4-2-3-5-22(18)32(23)26(25(24)29(31)36)27(34)19-6-11-20(30)12-7-19/h2-15,23-26H,1H3/t23-,24-,25-,26+/m1/s1. The third-order valence-electron chi connectivity index (χ3n) is 7.34. The quantitative estimate of drug-likeness (QED) is 0.382. The number of amides is 2. The van der Waals surface area contributed by atoms with Crippen molar-refractivity contribution in [2.24, 2.45) is 11.8 Å². The molecule has 0 N–H and O–H groups in total. The summed E-state index contributed by atoms with van der Waals surface area (Å²) in [6, 6.07) is 19.4. The lowest BCUT2D eigenvalue weighted by atomic mass is 9.86. The van der Waals surface area contributed by atoms with E-state index < -0.39 is 29.8 Å². The maximum atomic E-state index is 14.0. The number of Topliss-reactive ketones (excluding diaryl/α,β-unsaturated/α-hetero) is 2. The van der Waals surface area contributed by atoms with E-state index in [1.54, 1.807) is 48.5 Å². The number of fused-ring (bicyclic) bond motifs is 5.